The van der Waals surface area contributed by atoms with Crippen molar-refractivity contribution in [1.29, 1.82) is 0 Å². The van der Waals surface area contributed by atoms with E-state index in [1.807, 2.05) is 6.20 Å². The van der Waals surface area contributed by atoms with Crippen LogP contribution in [0.3, 0.4) is 0 Å². The first-order valence-electron chi connectivity index (χ1n) is 9.02. The van der Waals surface area contributed by atoms with E-state index in [1.165, 1.54) is 12.4 Å². The van der Waals surface area contributed by atoms with Gasteiger partial charge in [-0.05, 0) is 48.7 Å². The Morgan fingerprint density at radius 1 is 1.37 bits per heavy atom. The molecule has 2 atom stereocenters. The topological polar surface area (TPSA) is 71.5 Å². The molecule has 1 aliphatic heterocycles. The van der Waals surface area contributed by atoms with Crippen LogP contribution in [0.2, 0.25) is 5.02 Å². The van der Waals surface area contributed by atoms with Crippen molar-refractivity contribution in [2.75, 3.05) is 18.4 Å². The van der Waals surface area contributed by atoms with Crippen molar-refractivity contribution in [3.05, 3.63) is 53.2 Å². The largest absolute Gasteiger partial charge is 0.338 e. The van der Waals surface area contributed by atoms with Crippen molar-refractivity contribution in [1.82, 2.24) is 19.5 Å². The number of likely N-dealkylation sites (tertiary alicyclic amines) is 1. The second-order valence-corrected chi connectivity index (χ2v) is 7.57. The van der Waals surface area contributed by atoms with Gasteiger partial charge >= 0.3 is 0 Å². The number of nitrogens with zero attached hydrogens (tertiary/aromatic N) is 4. The number of rotatable bonds is 4. The van der Waals surface area contributed by atoms with Crippen LogP contribution in [0.4, 0.5) is 15.9 Å². The molecule has 3 N–H and O–H groups in total. The van der Waals surface area contributed by atoms with Gasteiger partial charge in [0.25, 0.3) is 0 Å². The summed E-state index contributed by atoms with van der Waals surface area (Å²) in [6, 6.07) is 6.85. The number of hydrogen-bond donors (Lipinski definition) is 2. The van der Waals surface area contributed by atoms with Crippen molar-refractivity contribution < 1.29 is 4.39 Å². The highest BCUT2D eigenvalue weighted by atomic mass is 35.5. The molecule has 0 aliphatic carbocycles. The quantitative estimate of drug-likeness (QED) is 0.716. The van der Waals surface area contributed by atoms with E-state index in [4.69, 9.17) is 17.3 Å². The Balaban J connectivity index is 1.62. The van der Waals surface area contributed by atoms with E-state index in [0.717, 1.165) is 37.1 Å². The summed E-state index contributed by atoms with van der Waals surface area (Å²) in [4.78, 5) is 6.80. The fraction of sp³-hybridized carbons (Fsp3) is 0.368. The maximum absolute atomic E-state index is 13.4. The van der Waals surface area contributed by atoms with Crippen LogP contribution in [0.5, 0.6) is 0 Å². The van der Waals surface area contributed by atoms with Crippen LogP contribution >= 0.6 is 11.6 Å². The molecule has 2 aromatic heterocycles. The lowest BCUT2D eigenvalue weighted by molar-refractivity contribution is 0.158. The van der Waals surface area contributed by atoms with Crippen LogP contribution in [-0.4, -0.2) is 38.6 Å². The maximum Gasteiger partial charge on any atom is 0.158 e. The Morgan fingerprint density at radius 2 is 2.22 bits per heavy atom. The average molecular weight is 389 g/mol. The third-order valence-electron chi connectivity index (χ3n) is 5.17. The molecule has 0 radical (unpaired) electrons. The van der Waals surface area contributed by atoms with Gasteiger partial charge in [-0.25, -0.2) is 13.9 Å². The monoisotopic (exact) mass is 388 g/mol. The first-order valence-corrected chi connectivity index (χ1v) is 9.40. The smallest absolute Gasteiger partial charge is 0.158 e. The highest BCUT2D eigenvalue weighted by Gasteiger charge is 2.24. The molecule has 0 saturated carbocycles. The number of fused-ring (bicyclic) bond motifs is 1. The maximum atomic E-state index is 13.4. The van der Waals surface area contributed by atoms with Crippen molar-refractivity contribution in [2.45, 2.75) is 25.9 Å². The molecule has 0 spiro atoms. The van der Waals surface area contributed by atoms with Crippen molar-refractivity contribution in [3.63, 3.8) is 0 Å². The molecule has 1 fully saturated rings. The second-order valence-electron chi connectivity index (χ2n) is 7.16. The minimum Gasteiger partial charge on any atom is -0.338 e. The van der Waals surface area contributed by atoms with Gasteiger partial charge in [-0.15, -0.1) is 0 Å². The molecule has 1 aliphatic rings. The molecule has 1 aromatic carbocycles. The standard InChI is InChI=1S/C19H22ClFN6/c1-12-9-26(6-5-17(12)22)10-13-4-7-27-18(13)19(23-11-24-27)25-14-2-3-16(21)15(20)8-14/h2-4,7-8,11-12,17H,5-6,9-10,22H2,1H3,(H,23,24,25)/t12-,17+/m1/s1. The molecule has 0 amide bonds. The summed E-state index contributed by atoms with van der Waals surface area (Å²) < 4.78 is 15.2. The van der Waals surface area contributed by atoms with Gasteiger partial charge in [-0.1, -0.05) is 18.5 Å². The molecule has 3 aromatic rings. The summed E-state index contributed by atoms with van der Waals surface area (Å²) in [5.41, 5.74) is 8.85. The zero-order valence-corrected chi connectivity index (χ0v) is 15.8. The number of piperidine rings is 1. The molecular weight excluding hydrogens is 367 g/mol. The summed E-state index contributed by atoms with van der Waals surface area (Å²) in [5, 5.41) is 7.60. The molecule has 27 heavy (non-hydrogen) atoms. The fourth-order valence-corrected chi connectivity index (χ4v) is 3.76. The number of halogens is 2. The minimum atomic E-state index is -0.448. The molecular formula is C19H22ClFN6. The van der Waals surface area contributed by atoms with Crippen LogP contribution in [0.25, 0.3) is 5.52 Å². The normalized spacial score (nSPS) is 20.9. The molecule has 3 heterocycles. The van der Waals surface area contributed by atoms with Crippen LogP contribution in [0.1, 0.15) is 18.9 Å². The van der Waals surface area contributed by atoms with E-state index in [2.05, 4.69) is 33.3 Å². The van der Waals surface area contributed by atoms with Gasteiger partial charge in [0.15, 0.2) is 5.82 Å². The summed E-state index contributed by atoms with van der Waals surface area (Å²) >= 11 is 5.89. The Bertz CT molecular complexity index is 959. The van der Waals surface area contributed by atoms with Crippen molar-refractivity contribution in [2.24, 2.45) is 11.7 Å². The lowest BCUT2D eigenvalue weighted by Crippen LogP contribution is -2.45. The van der Waals surface area contributed by atoms with Gasteiger partial charge < -0.3 is 11.1 Å². The SMILES string of the molecule is C[C@@H]1CN(Cc2ccn3ncnc(Nc4ccc(F)c(Cl)c4)c23)CC[C@@H]1N. The lowest BCUT2D eigenvalue weighted by Gasteiger charge is -2.35. The highest BCUT2D eigenvalue weighted by molar-refractivity contribution is 6.31. The molecule has 0 unspecified atom stereocenters. The summed E-state index contributed by atoms with van der Waals surface area (Å²) in [6.45, 7) is 4.96. The molecule has 1 saturated heterocycles. The molecule has 0 bridgehead atoms. The number of anilines is 2. The highest BCUT2D eigenvalue weighted by Crippen LogP contribution is 2.27. The summed E-state index contributed by atoms with van der Waals surface area (Å²) in [6.07, 6.45) is 4.42. The summed E-state index contributed by atoms with van der Waals surface area (Å²) in [7, 11) is 0. The van der Waals surface area contributed by atoms with E-state index < -0.39 is 5.82 Å². The molecule has 4 rings (SSSR count). The van der Waals surface area contributed by atoms with Gasteiger partial charge in [0.1, 0.15) is 17.7 Å². The van der Waals surface area contributed by atoms with Gasteiger partial charge in [0, 0.05) is 31.0 Å². The van der Waals surface area contributed by atoms with Gasteiger partial charge in [-0.3, -0.25) is 4.90 Å². The van der Waals surface area contributed by atoms with Gasteiger partial charge in [0.05, 0.1) is 5.02 Å². The third kappa shape index (κ3) is 3.76. The van der Waals surface area contributed by atoms with Crippen LogP contribution in [0, 0.1) is 11.7 Å². The van der Waals surface area contributed by atoms with Crippen molar-refractivity contribution in [3.8, 4) is 0 Å². The third-order valence-corrected chi connectivity index (χ3v) is 5.46. The van der Waals surface area contributed by atoms with Crippen molar-refractivity contribution >= 4 is 28.6 Å². The predicted molar refractivity (Wildman–Crippen MR) is 105 cm³/mol. The predicted octanol–water partition coefficient (Wildman–Crippen LogP) is 3.43. The van der Waals surface area contributed by atoms with E-state index in [1.54, 1.807) is 16.6 Å². The molecule has 6 nitrogen and oxygen atoms in total. The van der Waals surface area contributed by atoms with Crippen LogP contribution in [0.15, 0.2) is 36.8 Å². The average Bonchev–Trinajstić information content (AvgIpc) is 3.05. The number of nitrogens with two attached hydrogens (primary N) is 1. The Kier molecular flexibility index (Phi) is 4.99. The minimum absolute atomic E-state index is 0.0688. The lowest BCUT2D eigenvalue weighted by atomic mass is 9.94. The zero-order chi connectivity index (χ0) is 19.0. The van der Waals surface area contributed by atoms with Gasteiger partial charge in [0.2, 0.25) is 0 Å². The van der Waals surface area contributed by atoms with Gasteiger partial charge in [-0.2, -0.15) is 5.10 Å². The number of benzene rings is 1. The number of nitrogens with one attached hydrogen (secondary N) is 1. The molecule has 8 heteroatoms. The van der Waals surface area contributed by atoms with E-state index in [-0.39, 0.29) is 11.1 Å². The van der Waals surface area contributed by atoms with E-state index >= 15 is 0 Å². The Morgan fingerprint density at radius 3 is 3.00 bits per heavy atom. The first-order chi connectivity index (χ1) is 13.0. The van der Waals surface area contributed by atoms with Crippen LogP contribution < -0.4 is 11.1 Å². The number of aromatic nitrogens is 3. The molecule has 142 valence electrons. The van der Waals surface area contributed by atoms with Crippen LogP contribution in [-0.2, 0) is 6.54 Å². The zero-order valence-electron chi connectivity index (χ0n) is 15.1. The number of hydrogen-bond acceptors (Lipinski definition) is 5. The first kappa shape index (κ1) is 18.2. The van der Waals surface area contributed by atoms with E-state index in [9.17, 15) is 4.39 Å². The Labute approximate surface area is 162 Å². The summed E-state index contributed by atoms with van der Waals surface area (Å²) in [5.74, 6) is 0.688. The fourth-order valence-electron chi connectivity index (χ4n) is 3.58. The second kappa shape index (κ2) is 7.42. The van der Waals surface area contributed by atoms with E-state index in [0.29, 0.717) is 17.4 Å². The Hall–Kier alpha value is -2.22.